The number of hydrogen-bond acceptors (Lipinski definition) is 4. The molecule has 0 amide bonds. The van der Waals surface area contributed by atoms with Crippen LogP contribution in [0.3, 0.4) is 0 Å². The molecule has 1 saturated heterocycles. The zero-order chi connectivity index (χ0) is 8.39. The lowest BCUT2D eigenvalue weighted by Crippen LogP contribution is -2.23. The molecule has 0 bridgehead atoms. The monoisotopic (exact) mass is 167 g/mol. The number of rotatable bonds is 2. The first-order valence-electron chi connectivity index (χ1n) is 4.42. The van der Waals surface area contributed by atoms with E-state index in [2.05, 4.69) is 22.0 Å². The summed E-state index contributed by atoms with van der Waals surface area (Å²) in [5.74, 6) is 0.842. The van der Waals surface area contributed by atoms with Gasteiger partial charge in [-0.25, -0.2) is 0 Å². The third-order valence-corrected chi connectivity index (χ3v) is 2.45. The van der Waals surface area contributed by atoms with Gasteiger partial charge in [0.05, 0.1) is 6.04 Å². The van der Waals surface area contributed by atoms with E-state index < -0.39 is 0 Å². The fourth-order valence-electron chi connectivity index (χ4n) is 1.82. The van der Waals surface area contributed by atoms with Crippen molar-refractivity contribution in [3.05, 3.63) is 12.2 Å². The van der Waals surface area contributed by atoms with Crippen molar-refractivity contribution in [3.63, 3.8) is 0 Å². The van der Waals surface area contributed by atoms with Crippen LogP contribution in [0.5, 0.6) is 0 Å². The molecule has 0 spiro atoms. The predicted octanol–water partition coefficient (Wildman–Crippen LogP) is 1.23. The van der Waals surface area contributed by atoms with Crippen molar-refractivity contribution in [2.24, 2.45) is 0 Å². The molecule has 66 valence electrons. The second-order valence-corrected chi connectivity index (χ2v) is 3.08. The van der Waals surface area contributed by atoms with Gasteiger partial charge in [-0.2, -0.15) is 4.98 Å². The minimum atomic E-state index is 0.397. The largest absolute Gasteiger partial charge is 0.343 e. The Morgan fingerprint density at radius 1 is 1.75 bits per heavy atom. The van der Waals surface area contributed by atoms with E-state index in [-0.39, 0.29) is 0 Å². The van der Waals surface area contributed by atoms with Crippen LogP contribution in [0, 0.1) is 0 Å². The standard InChI is InChI=1S/C8H13N3O/c1-2-11-5-3-4-7(11)8-9-6-12-10-8/h6-7H,2-5H2,1H3/t7-/m0/s1. The van der Waals surface area contributed by atoms with Crippen LogP contribution in [-0.2, 0) is 0 Å². The van der Waals surface area contributed by atoms with Gasteiger partial charge in [0.1, 0.15) is 0 Å². The fourth-order valence-corrected chi connectivity index (χ4v) is 1.82. The van der Waals surface area contributed by atoms with Crippen molar-refractivity contribution in [1.29, 1.82) is 0 Å². The lowest BCUT2D eigenvalue weighted by atomic mass is 10.2. The Bertz CT molecular complexity index is 234. The summed E-state index contributed by atoms with van der Waals surface area (Å²) in [7, 11) is 0. The summed E-state index contributed by atoms with van der Waals surface area (Å²) in [5, 5.41) is 3.87. The molecule has 0 radical (unpaired) electrons. The molecule has 0 unspecified atom stereocenters. The molecule has 1 aliphatic rings. The normalized spacial score (nSPS) is 24.9. The van der Waals surface area contributed by atoms with E-state index in [1.54, 1.807) is 0 Å². The molecule has 1 aromatic heterocycles. The summed E-state index contributed by atoms with van der Waals surface area (Å²) in [6.45, 7) is 4.40. The summed E-state index contributed by atoms with van der Waals surface area (Å²) in [4.78, 5) is 6.46. The average Bonchev–Trinajstić information content (AvgIpc) is 2.74. The third kappa shape index (κ3) is 1.22. The number of aromatic nitrogens is 2. The van der Waals surface area contributed by atoms with Crippen molar-refractivity contribution in [3.8, 4) is 0 Å². The summed E-state index contributed by atoms with van der Waals surface area (Å²) in [5.41, 5.74) is 0. The maximum absolute atomic E-state index is 4.73. The first-order chi connectivity index (χ1) is 5.92. The molecule has 1 aromatic rings. The molecule has 12 heavy (non-hydrogen) atoms. The number of likely N-dealkylation sites (tertiary alicyclic amines) is 1. The van der Waals surface area contributed by atoms with Gasteiger partial charge in [0.25, 0.3) is 0 Å². The van der Waals surface area contributed by atoms with Crippen LogP contribution in [0.1, 0.15) is 31.6 Å². The van der Waals surface area contributed by atoms with Crippen LogP contribution < -0.4 is 0 Å². The molecule has 0 N–H and O–H groups in total. The molecule has 2 heterocycles. The average molecular weight is 167 g/mol. The van der Waals surface area contributed by atoms with Crippen LogP contribution >= 0.6 is 0 Å². The van der Waals surface area contributed by atoms with Crippen LogP contribution in [0.2, 0.25) is 0 Å². The molecule has 4 heteroatoms. The maximum atomic E-state index is 4.73. The number of hydrogen-bond donors (Lipinski definition) is 0. The highest BCUT2D eigenvalue weighted by Crippen LogP contribution is 2.28. The Morgan fingerprint density at radius 2 is 2.67 bits per heavy atom. The van der Waals surface area contributed by atoms with Gasteiger partial charge >= 0.3 is 0 Å². The Morgan fingerprint density at radius 3 is 3.33 bits per heavy atom. The third-order valence-electron chi connectivity index (χ3n) is 2.45. The van der Waals surface area contributed by atoms with Gasteiger partial charge in [0.15, 0.2) is 5.82 Å². The zero-order valence-corrected chi connectivity index (χ0v) is 7.23. The quantitative estimate of drug-likeness (QED) is 0.664. The van der Waals surface area contributed by atoms with E-state index in [1.165, 1.54) is 12.8 Å². The van der Waals surface area contributed by atoms with Crippen LogP contribution in [0.15, 0.2) is 10.9 Å². The van der Waals surface area contributed by atoms with Crippen molar-refractivity contribution < 1.29 is 4.52 Å². The van der Waals surface area contributed by atoms with Gasteiger partial charge in [-0.1, -0.05) is 12.1 Å². The van der Waals surface area contributed by atoms with Crippen molar-refractivity contribution in [1.82, 2.24) is 15.0 Å². The molecule has 1 aliphatic heterocycles. The van der Waals surface area contributed by atoms with E-state index in [1.807, 2.05) is 0 Å². The summed E-state index contributed by atoms with van der Waals surface area (Å²) < 4.78 is 4.73. The second-order valence-electron chi connectivity index (χ2n) is 3.08. The van der Waals surface area contributed by atoms with Gasteiger partial charge < -0.3 is 4.52 Å². The van der Waals surface area contributed by atoms with Crippen LogP contribution in [0.4, 0.5) is 0 Å². The molecule has 0 aromatic carbocycles. The van der Waals surface area contributed by atoms with E-state index in [0.717, 1.165) is 25.3 Å². The van der Waals surface area contributed by atoms with E-state index in [0.29, 0.717) is 6.04 Å². The molecular weight excluding hydrogens is 154 g/mol. The summed E-state index contributed by atoms with van der Waals surface area (Å²) >= 11 is 0. The number of nitrogens with zero attached hydrogens (tertiary/aromatic N) is 3. The lowest BCUT2D eigenvalue weighted by Gasteiger charge is -2.18. The summed E-state index contributed by atoms with van der Waals surface area (Å²) in [6.07, 6.45) is 3.81. The maximum Gasteiger partial charge on any atom is 0.213 e. The first kappa shape index (κ1) is 7.73. The van der Waals surface area contributed by atoms with E-state index >= 15 is 0 Å². The minimum Gasteiger partial charge on any atom is -0.343 e. The minimum absolute atomic E-state index is 0.397. The summed E-state index contributed by atoms with van der Waals surface area (Å²) in [6, 6.07) is 0.397. The molecular formula is C8H13N3O. The predicted molar refractivity (Wildman–Crippen MR) is 43.5 cm³/mol. The van der Waals surface area contributed by atoms with Gasteiger partial charge in [-0.05, 0) is 25.9 Å². The zero-order valence-electron chi connectivity index (χ0n) is 7.23. The molecule has 0 saturated carbocycles. The highest BCUT2D eigenvalue weighted by atomic mass is 16.5. The topological polar surface area (TPSA) is 42.2 Å². The first-order valence-corrected chi connectivity index (χ1v) is 4.42. The van der Waals surface area contributed by atoms with Gasteiger partial charge in [0.2, 0.25) is 6.39 Å². The Labute approximate surface area is 71.6 Å². The van der Waals surface area contributed by atoms with Crippen molar-refractivity contribution >= 4 is 0 Å². The second kappa shape index (κ2) is 3.23. The highest BCUT2D eigenvalue weighted by Gasteiger charge is 2.27. The van der Waals surface area contributed by atoms with Crippen molar-refractivity contribution in [2.75, 3.05) is 13.1 Å². The molecule has 2 rings (SSSR count). The van der Waals surface area contributed by atoms with E-state index in [9.17, 15) is 0 Å². The van der Waals surface area contributed by atoms with Crippen LogP contribution in [-0.4, -0.2) is 28.1 Å². The molecule has 1 fully saturated rings. The van der Waals surface area contributed by atoms with Gasteiger partial charge in [0, 0.05) is 0 Å². The molecule has 1 atom stereocenters. The Kier molecular flexibility index (Phi) is 2.08. The fraction of sp³-hybridized carbons (Fsp3) is 0.750. The molecule has 4 nitrogen and oxygen atoms in total. The Hall–Kier alpha value is -0.900. The Balaban J connectivity index is 2.13. The molecule has 0 aliphatic carbocycles. The van der Waals surface area contributed by atoms with Gasteiger partial charge in [-0.15, -0.1) is 0 Å². The van der Waals surface area contributed by atoms with E-state index in [4.69, 9.17) is 4.52 Å². The lowest BCUT2D eigenvalue weighted by molar-refractivity contribution is 0.255. The van der Waals surface area contributed by atoms with Crippen molar-refractivity contribution in [2.45, 2.75) is 25.8 Å². The van der Waals surface area contributed by atoms with Crippen LogP contribution in [0.25, 0.3) is 0 Å². The highest BCUT2D eigenvalue weighted by molar-refractivity contribution is 4.94. The van der Waals surface area contributed by atoms with Gasteiger partial charge in [-0.3, -0.25) is 4.90 Å². The SMILES string of the molecule is CCN1CCC[C@H]1c1ncon1. The smallest absolute Gasteiger partial charge is 0.213 e.